The standard InChI is InChI=1S/C12H21N/c1-9(2)11-8-10-6-4-5-7-12(10,3)13-11/h10-11,13H,1,4-8H2,2-3H3/t10-,11?,12-/m0/s1. The number of fused-ring (bicyclic) bond motifs is 1. The lowest BCUT2D eigenvalue weighted by molar-refractivity contribution is 0.217. The summed E-state index contributed by atoms with van der Waals surface area (Å²) in [5.41, 5.74) is 1.75. The maximum atomic E-state index is 4.06. The molecule has 1 aliphatic heterocycles. The molecule has 1 nitrogen and oxygen atoms in total. The third-order valence-electron chi connectivity index (χ3n) is 4.02. The molecule has 13 heavy (non-hydrogen) atoms. The monoisotopic (exact) mass is 179 g/mol. The molecule has 1 saturated carbocycles. The van der Waals surface area contributed by atoms with Crippen molar-refractivity contribution in [1.29, 1.82) is 0 Å². The first-order valence-corrected chi connectivity index (χ1v) is 5.55. The molecule has 74 valence electrons. The minimum absolute atomic E-state index is 0.432. The Morgan fingerprint density at radius 3 is 2.85 bits per heavy atom. The van der Waals surface area contributed by atoms with E-state index in [9.17, 15) is 0 Å². The largest absolute Gasteiger partial charge is 0.305 e. The molecule has 2 rings (SSSR count). The Labute approximate surface area is 81.6 Å². The molecule has 0 aromatic rings. The molecule has 2 aliphatic rings. The highest BCUT2D eigenvalue weighted by Crippen LogP contribution is 2.42. The van der Waals surface area contributed by atoms with Gasteiger partial charge in [-0.3, -0.25) is 0 Å². The van der Waals surface area contributed by atoms with E-state index in [1.807, 2.05) is 0 Å². The first-order chi connectivity index (χ1) is 6.12. The Morgan fingerprint density at radius 1 is 1.46 bits per heavy atom. The second-order valence-electron chi connectivity index (χ2n) is 5.14. The smallest absolute Gasteiger partial charge is 0.0282 e. The highest BCUT2D eigenvalue weighted by atomic mass is 15.1. The van der Waals surface area contributed by atoms with Crippen molar-refractivity contribution < 1.29 is 0 Å². The predicted octanol–water partition coefficient (Wildman–Crippen LogP) is 2.87. The van der Waals surface area contributed by atoms with E-state index in [-0.39, 0.29) is 0 Å². The highest BCUT2D eigenvalue weighted by molar-refractivity contribution is 5.13. The normalized spacial score (nSPS) is 44.5. The molecule has 0 radical (unpaired) electrons. The molecule has 1 N–H and O–H groups in total. The summed E-state index contributed by atoms with van der Waals surface area (Å²) >= 11 is 0. The van der Waals surface area contributed by atoms with Crippen LogP contribution in [0.2, 0.25) is 0 Å². The van der Waals surface area contributed by atoms with Gasteiger partial charge in [-0.15, -0.1) is 0 Å². The van der Waals surface area contributed by atoms with Crippen LogP contribution >= 0.6 is 0 Å². The van der Waals surface area contributed by atoms with Crippen molar-refractivity contribution >= 4 is 0 Å². The van der Waals surface area contributed by atoms with Crippen LogP contribution in [0.15, 0.2) is 12.2 Å². The van der Waals surface area contributed by atoms with Crippen molar-refractivity contribution in [1.82, 2.24) is 5.32 Å². The zero-order valence-electron chi connectivity index (χ0n) is 8.90. The fourth-order valence-corrected chi connectivity index (χ4v) is 3.04. The summed E-state index contributed by atoms with van der Waals surface area (Å²) in [6, 6.07) is 0.591. The SMILES string of the molecule is C=C(C)C1C[C@@H]2CCCC[C@]2(C)N1. The van der Waals surface area contributed by atoms with E-state index < -0.39 is 0 Å². The van der Waals surface area contributed by atoms with Crippen LogP contribution in [0, 0.1) is 5.92 Å². The Hall–Kier alpha value is -0.300. The summed E-state index contributed by atoms with van der Waals surface area (Å²) in [7, 11) is 0. The summed E-state index contributed by atoms with van der Waals surface area (Å²) in [4.78, 5) is 0. The Morgan fingerprint density at radius 2 is 2.23 bits per heavy atom. The van der Waals surface area contributed by atoms with Crippen molar-refractivity contribution in [3.63, 3.8) is 0 Å². The average molecular weight is 179 g/mol. The number of hydrogen-bond donors (Lipinski definition) is 1. The van der Waals surface area contributed by atoms with Crippen molar-refractivity contribution in [2.24, 2.45) is 5.92 Å². The molecule has 2 fully saturated rings. The summed E-state index contributed by atoms with van der Waals surface area (Å²) in [5, 5.41) is 3.77. The van der Waals surface area contributed by atoms with Crippen molar-refractivity contribution in [3.8, 4) is 0 Å². The van der Waals surface area contributed by atoms with Crippen LogP contribution in [0.1, 0.15) is 46.0 Å². The molecule has 3 atom stereocenters. The van der Waals surface area contributed by atoms with E-state index in [0.29, 0.717) is 11.6 Å². The van der Waals surface area contributed by atoms with Gasteiger partial charge < -0.3 is 5.32 Å². The average Bonchev–Trinajstić information content (AvgIpc) is 2.41. The predicted molar refractivity (Wildman–Crippen MR) is 56.7 cm³/mol. The van der Waals surface area contributed by atoms with Gasteiger partial charge in [0.05, 0.1) is 0 Å². The van der Waals surface area contributed by atoms with E-state index in [2.05, 4.69) is 25.7 Å². The second-order valence-corrected chi connectivity index (χ2v) is 5.14. The van der Waals surface area contributed by atoms with Gasteiger partial charge in [0.2, 0.25) is 0 Å². The van der Waals surface area contributed by atoms with Gasteiger partial charge in [-0.2, -0.15) is 0 Å². The lowest BCUT2D eigenvalue weighted by atomic mass is 9.75. The lowest BCUT2D eigenvalue weighted by Gasteiger charge is -2.36. The molecule has 1 heteroatoms. The third kappa shape index (κ3) is 1.54. The topological polar surface area (TPSA) is 12.0 Å². The molecule has 1 aliphatic carbocycles. The Bertz CT molecular complexity index is 221. The van der Waals surface area contributed by atoms with Gasteiger partial charge in [0.1, 0.15) is 0 Å². The summed E-state index contributed by atoms with van der Waals surface area (Å²) < 4.78 is 0. The molecule has 0 bridgehead atoms. The molecular weight excluding hydrogens is 158 g/mol. The van der Waals surface area contributed by atoms with E-state index in [4.69, 9.17) is 0 Å². The van der Waals surface area contributed by atoms with Crippen LogP contribution in [-0.2, 0) is 0 Å². The molecule has 0 aromatic carbocycles. The summed E-state index contributed by atoms with van der Waals surface area (Å²) in [6.07, 6.45) is 6.95. The number of nitrogens with one attached hydrogen (secondary N) is 1. The Balaban J connectivity index is 2.10. The first-order valence-electron chi connectivity index (χ1n) is 5.55. The van der Waals surface area contributed by atoms with Crippen molar-refractivity contribution in [3.05, 3.63) is 12.2 Å². The van der Waals surface area contributed by atoms with Gasteiger partial charge >= 0.3 is 0 Å². The first kappa shape index (κ1) is 9.26. The van der Waals surface area contributed by atoms with Crippen molar-refractivity contribution in [2.75, 3.05) is 0 Å². The van der Waals surface area contributed by atoms with Crippen LogP contribution in [0.4, 0.5) is 0 Å². The lowest BCUT2D eigenvalue weighted by Crippen LogP contribution is -2.45. The minimum atomic E-state index is 0.432. The third-order valence-corrected chi connectivity index (χ3v) is 4.02. The van der Waals surface area contributed by atoms with Crippen LogP contribution in [0.3, 0.4) is 0 Å². The van der Waals surface area contributed by atoms with Crippen LogP contribution in [0.5, 0.6) is 0 Å². The maximum Gasteiger partial charge on any atom is 0.0282 e. The molecule has 0 aromatic heterocycles. The molecule has 0 spiro atoms. The maximum absolute atomic E-state index is 4.06. The van der Waals surface area contributed by atoms with Crippen LogP contribution in [0.25, 0.3) is 0 Å². The van der Waals surface area contributed by atoms with Gasteiger partial charge in [0.15, 0.2) is 0 Å². The molecular formula is C12H21N. The zero-order chi connectivity index (χ0) is 9.47. The molecule has 1 heterocycles. The quantitative estimate of drug-likeness (QED) is 0.610. The highest BCUT2D eigenvalue weighted by Gasteiger charge is 2.44. The molecule has 1 unspecified atom stereocenters. The van der Waals surface area contributed by atoms with Crippen LogP contribution in [-0.4, -0.2) is 11.6 Å². The van der Waals surface area contributed by atoms with E-state index in [1.165, 1.54) is 37.7 Å². The minimum Gasteiger partial charge on any atom is -0.305 e. The van der Waals surface area contributed by atoms with E-state index >= 15 is 0 Å². The van der Waals surface area contributed by atoms with E-state index in [1.54, 1.807) is 0 Å². The van der Waals surface area contributed by atoms with Gasteiger partial charge in [-0.1, -0.05) is 25.0 Å². The van der Waals surface area contributed by atoms with Crippen LogP contribution < -0.4 is 5.32 Å². The fraction of sp³-hybridized carbons (Fsp3) is 0.833. The zero-order valence-corrected chi connectivity index (χ0v) is 8.90. The Kier molecular flexibility index (Phi) is 2.23. The number of rotatable bonds is 1. The van der Waals surface area contributed by atoms with Crippen molar-refractivity contribution in [2.45, 2.75) is 57.5 Å². The molecule has 1 saturated heterocycles. The molecule has 0 amide bonds. The second kappa shape index (κ2) is 3.13. The van der Waals surface area contributed by atoms with E-state index in [0.717, 1.165) is 5.92 Å². The summed E-state index contributed by atoms with van der Waals surface area (Å²) in [6.45, 7) is 8.62. The number of hydrogen-bond acceptors (Lipinski definition) is 1. The van der Waals surface area contributed by atoms with Gasteiger partial charge in [-0.25, -0.2) is 0 Å². The van der Waals surface area contributed by atoms with Gasteiger partial charge in [-0.05, 0) is 39.0 Å². The van der Waals surface area contributed by atoms with Gasteiger partial charge in [0, 0.05) is 11.6 Å². The fourth-order valence-electron chi connectivity index (χ4n) is 3.04. The summed E-state index contributed by atoms with van der Waals surface area (Å²) in [5.74, 6) is 0.906. The van der Waals surface area contributed by atoms with Gasteiger partial charge in [0.25, 0.3) is 0 Å².